The Hall–Kier alpha value is -1.49. The van der Waals surface area contributed by atoms with Crippen molar-refractivity contribution < 1.29 is 0 Å². The lowest BCUT2D eigenvalue weighted by molar-refractivity contribution is 0.571. The summed E-state index contributed by atoms with van der Waals surface area (Å²) in [5.74, 6) is 2.60. The number of hydrogen-bond donors (Lipinski definition) is 1. The third-order valence-electron chi connectivity index (χ3n) is 3.16. The third kappa shape index (κ3) is 2.61. The summed E-state index contributed by atoms with van der Waals surface area (Å²) in [6.07, 6.45) is 0.946. The molecule has 3 rings (SSSR count). The van der Waals surface area contributed by atoms with Crippen molar-refractivity contribution in [1.29, 1.82) is 0 Å². The molecular formula is C14H18N4S. The maximum atomic E-state index is 4.30. The van der Waals surface area contributed by atoms with Gasteiger partial charge in [-0.2, -0.15) is 0 Å². The van der Waals surface area contributed by atoms with E-state index in [0.717, 1.165) is 23.2 Å². The highest BCUT2D eigenvalue weighted by Crippen LogP contribution is 2.30. The van der Waals surface area contributed by atoms with Crippen LogP contribution in [0, 0.1) is 5.92 Å². The molecule has 0 bridgehead atoms. The first-order chi connectivity index (χ1) is 9.24. The molecule has 2 aromatic rings. The van der Waals surface area contributed by atoms with Crippen LogP contribution in [-0.2, 0) is 6.42 Å². The molecule has 0 saturated heterocycles. The zero-order chi connectivity index (χ0) is 13.2. The molecule has 4 nitrogen and oxygen atoms in total. The maximum absolute atomic E-state index is 4.30. The molecule has 0 radical (unpaired) electrons. The van der Waals surface area contributed by atoms with Gasteiger partial charge < -0.3 is 5.43 Å². The van der Waals surface area contributed by atoms with E-state index in [1.807, 2.05) is 6.07 Å². The Morgan fingerprint density at radius 1 is 1.32 bits per heavy atom. The molecule has 0 spiro atoms. The number of nitrogens with one attached hydrogen (secondary N) is 1. The Labute approximate surface area is 117 Å². The highest BCUT2D eigenvalue weighted by molar-refractivity contribution is 7.99. The van der Waals surface area contributed by atoms with Gasteiger partial charge in [0.1, 0.15) is 0 Å². The van der Waals surface area contributed by atoms with Gasteiger partial charge in [-0.15, -0.1) is 10.2 Å². The van der Waals surface area contributed by atoms with Gasteiger partial charge in [-0.25, -0.2) is 4.68 Å². The van der Waals surface area contributed by atoms with Crippen LogP contribution in [-0.4, -0.2) is 20.6 Å². The predicted molar refractivity (Wildman–Crippen MR) is 77.8 cm³/mol. The topological polar surface area (TPSA) is 42.7 Å². The smallest absolute Gasteiger partial charge is 0.210 e. The Bertz CT molecular complexity index is 550. The first-order valence-corrected chi connectivity index (χ1v) is 7.61. The number of thioether (sulfide) groups is 1. The van der Waals surface area contributed by atoms with Gasteiger partial charge in [0.25, 0.3) is 0 Å². The highest BCUT2D eigenvalue weighted by atomic mass is 32.2. The van der Waals surface area contributed by atoms with E-state index in [1.54, 1.807) is 11.8 Å². The maximum Gasteiger partial charge on any atom is 0.210 e. The predicted octanol–water partition coefficient (Wildman–Crippen LogP) is 2.87. The molecule has 1 unspecified atom stereocenters. The van der Waals surface area contributed by atoms with Crippen LogP contribution in [0.2, 0.25) is 0 Å². The average molecular weight is 274 g/mol. The number of hydrogen-bond acceptors (Lipinski definition) is 4. The van der Waals surface area contributed by atoms with Crippen molar-refractivity contribution in [2.24, 2.45) is 5.92 Å². The van der Waals surface area contributed by atoms with Crippen LogP contribution < -0.4 is 5.43 Å². The van der Waals surface area contributed by atoms with E-state index in [1.165, 1.54) is 5.56 Å². The summed E-state index contributed by atoms with van der Waals surface area (Å²) in [4.78, 5) is 0. The zero-order valence-corrected chi connectivity index (χ0v) is 12.0. The Kier molecular flexibility index (Phi) is 3.46. The first-order valence-electron chi connectivity index (χ1n) is 6.62. The van der Waals surface area contributed by atoms with E-state index in [0.29, 0.717) is 12.0 Å². The molecule has 1 atom stereocenters. The van der Waals surface area contributed by atoms with E-state index in [2.05, 4.69) is 58.4 Å². The normalized spacial score (nSPS) is 18.2. The van der Waals surface area contributed by atoms with Crippen LogP contribution in [0.5, 0.6) is 0 Å². The second kappa shape index (κ2) is 5.25. The fourth-order valence-electron chi connectivity index (χ4n) is 2.23. The number of nitrogens with zero attached hydrogens (tertiary/aromatic N) is 3. The molecule has 1 N–H and O–H groups in total. The molecule has 0 aliphatic carbocycles. The first kappa shape index (κ1) is 12.5. The lowest BCUT2D eigenvalue weighted by Gasteiger charge is -2.26. The van der Waals surface area contributed by atoms with Gasteiger partial charge in [0.05, 0.1) is 6.04 Å². The van der Waals surface area contributed by atoms with E-state index in [4.69, 9.17) is 0 Å². The van der Waals surface area contributed by atoms with Gasteiger partial charge in [0, 0.05) is 12.2 Å². The number of fused-ring (bicyclic) bond motifs is 1. The Balaban J connectivity index is 1.84. The molecule has 0 saturated carbocycles. The van der Waals surface area contributed by atoms with E-state index >= 15 is 0 Å². The van der Waals surface area contributed by atoms with E-state index < -0.39 is 0 Å². The van der Waals surface area contributed by atoms with Crippen molar-refractivity contribution in [3.63, 3.8) is 0 Å². The van der Waals surface area contributed by atoms with Gasteiger partial charge in [-0.05, 0) is 11.5 Å². The summed E-state index contributed by atoms with van der Waals surface area (Å²) >= 11 is 1.77. The largest absolute Gasteiger partial charge is 0.314 e. The lowest BCUT2D eigenvalue weighted by Crippen LogP contribution is -2.29. The van der Waals surface area contributed by atoms with Gasteiger partial charge in [0.2, 0.25) is 5.16 Å². The molecule has 1 aromatic heterocycles. The number of benzene rings is 1. The quantitative estimate of drug-likeness (QED) is 0.934. The summed E-state index contributed by atoms with van der Waals surface area (Å²) in [7, 11) is 0. The van der Waals surface area contributed by atoms with E-state index in [9.17, 15) is 0 Å². The molecule has 1 aromatic carbocycles. The monoisotopic (exact) mass is 274 g/mol. The fourth-order valence-corrected chi connectivity index (χ4v) is 3.20. The molecule has 2 heterocycles. The second-order valence-electron chi connectivity index (χ2n) is 5.24. The van der Waals surface area contributed by atoms with Crippen LogP contribution in [0.15, 0.2) is 35.5 Å². The molecule has 0 fully saturated rings. The van der Waals surface area contributed by atoms with Crippen LogP contribution in [0.4, 0.5) is 0 Å². The van der Waals surface area contributed by atoms with Crippen molar-refractivity contribution in [3.05, 3.63) is 41.7 Å². The average Bonchev–Trinajstić information content (AvgIpc) is 2.82. The number of aromatic nitrogens is 3. The SMILES string of the molecule is CC(C)Cc1nnc2n1NC(c1ccccc1)CS2. The minimum atomic E-state index is 0.320. The summed E-state index contributed by atoms with van der Waals surface area (Å²) < 4.78 is 2.06. The molecular weight excluding hydrogens is 256 g/mol. The lowest BCUT2D eigenvalue weighted by atomic mass is 10.1. The third-order valence-corrected chi connectivity index (χ3v) is 4.18. The standard InChI is InChI=1S/C14H18N4S/c1-10(2)8-13-15-16-14-18(13)17-12(9-19-14)11-6-4-3-5-7-11/h3-7,10,12,17H,8-9H2,1-2H3. The van der Waals surface area contributed by atoms with Crippen LogP contribution in [0.1, 0.15) is 31.3 Å². The Morgan fingerprint density at radius 2 is 2.11 bits per heavy atom. The summed E-state index contributed by atoms with van der Waals surface area (Å²) in [6, 6.07) is 10.9. The molecule has 19 heavy (non-hydrogen) atoms. The molecule has 1 aliphatic heterocycles. The van der Waals surface area contributed by atoms with Gasteiger partial charge in [-0.3, -0.25) is 0 Å². The molecule has 0 amide bonds. The highest BCUT2D eigenvalue weighted by Gasteiger charge is 2.23. The minimum absolute atomic E-state index is 0.320. The van der Waals surface area contributed by atoms with Gasteiger partial charge in [-0.1, -0.05) is 55.9 Å². The van der Waals surface area contributed by atoms with Crippen molar-refractivity contribution in [2.75, 3.05) is 11.2 Å². The van der Waals surface area contributed by atoms with Gasteiger partial charge >= 0.3 is 0 Å². The fraction of sp³-hybridized carbons (Fsp3) is 0.429. The van der Waals surface area contributed by atoms with Crippen molar-refractivity contribution in [3.8, 4) is 0 Å². The van der Waals surface area contributed by atoms with Crippen LogP contribution in [0.3, 0.4) is 0 Å². The van der Waals surface area contributed by atoms with Crippen molar-refractivity contribution >= 4 is 11.8 Å². The Morgan fingerprint density at radius 3 is 2.84 bits per heavy atom. The van der Waals surface area contributed by atoms with Crippen LogP contribution in [0.25, 0.3) is 0 Å². The van der Waals surface area contributed by atoms with Crippen molar-refractivity contribution in [1.82, 2.24) is 14.9 Å². The van der Waals surface area contributed by atoms with Crippen LogP contribution >= 0.6 is 11.8 Å². The van der Waals surface area contributed by atoms with Gasteiger partial charge in [0.15, 0.2) is 5.82 Å². The van der Waals surface area contributed by atoms with Crippen molar-refractivity contribution in [2.45, 2.75) is 31.5 Å². The second-order valence-corrected chi connectivity index (χ2v) is 6.22. The molecule has 1 aliphatic rings. The number of rotatable bonds is 3. The minimum Gasteiger partial charge on any atom is -0.314 e. The summed E-state index contributed by atoms with van der Waals surface area (Å²) in [5, 5.41) is 9.52. The molecule has 5 heteroatoms. The van der Waals surface area contributed by atoms with E-state index in [-0.39, 0.29) is 0 Å². The summed E-state index contributed by atoms with van der Waals surface area (Å²) in [5.41, 5.74) is 4.85. The zero-order valence-electron chi connectivity index (χ0n) is 11.2. The molecule has 100 valence electrons. The summed E-state index contributed by atoms with van der Waals surface area (Å²) in [6.45, 7) is 4.40.